The molecule has 1 fully saturated rings. The molecule has 3 nitrogen and oxygen atoms in total. The van der Waals surface area contributed by atoms with Crippen LogP contribution in [0, 0.1) is 0 Å². The van der Waals surface area contributed by atoms with Crippen LogP contribution >= 0.6 is 0 Å². The fourth-order valence-corrected chi connectivity index (χ4v) is 3.50. The van der Waals surface area contributed by atoms with Gasteiger partial charge in [0.05, 0.1) is 10.5 Å². The summed E-state index contributed by atoms with van der Waals surface area (Å²) in [5.74, 6) is 0. The van der Waals surface area contributed by atoms with Gasteiger partial charge >= 0.3 is 0 Å². The molecule has 0 bridgehead atoms. The molecule has 0 aromatic rings. The molecule has 1 aliphatic heterocycles. The van der Waals surface area contributed by atoms with Crippen molar-refractivity contribution in [1.82, 2.24) is 4.90 Å². The summed E-state index contributed by atoms with van der Waals surface area (Å²) in [4.78, 5) is 2.11. The third-order valence-electron chi connectivity index (χ3n) is 2.70. The molecule has 0 spiro atoms. The van der Waals surface area contributed by atoms with Crippen LogP contribution in [0.25, 0.3) is 0 Å². The van der Waals surface area contributed by atoms with E-state index in [-0.39, 0.29) is 10.5 Å². The third kappa shape index (κ3) is 2.44. The molecule has 0 radical (unpaired) electrons. The molecule has 13 heavy (non-hydrogen) atoms. The molecule has 1 heterocycles. The standard InChI is InChI=1S/C9H19NO2S/c1-8(2)13(11,12)9-5-4-6-10(3)7-9/h8-9H,4-7H2,1-3H3/t9-/m1/s1. The van der Waals surface area contributed by atoms with E-state index in [0.717, 1.165) is 19.4 Å². The van der Waals surface area contributed by atoms with E-state index in [4.69, 9.17) is 0 Å². The second-order valence-corrected chi connectivity index (χ2v) is 6.95. The molecule has 0 saturated carbocycles. The maximum Gasteiger partial charge on any atom is 0.156 e. The molecule has 0 N–H and O–H groups in total. The fraction of sp³-hybridized carbons (Fsp3) is 1.00. The molecule has 78 valence electrons. The number of hydrogen-bond donors (Lipinski definition) is 0. The lowest BCUT2D eigenvalue weighted by atomic mass is 10.1. The van der Waals surface area contributed by atoms with Crippen LogP contribution in [0.15, 0.2) is 0 Å². The Morgan fingerprint density at radius 3 is 2.46 bits per heavy atom. The van der Waals surface area contributed by atoms with Crippen molar-refractivity contribution in [3.05, 3.63) is 0 Å². The number of sulfone groups is 1. The van der Waals surface area contributed by atoms with E-state index in [0.29, 0.717) is 6.54 Å². The highest BCUT2D eigenvalue weighted by molar-refractivity contribution is 7.92. The Hall–Kier alpha value is -0.0900. The summed E-state index contributed by atoms with van der Waals surface area (Å²) in [6.07, 6.45) is 1.85. The lowest BCUT2D eigenvalue weighted by Crippen LogP contribution is -2.42. The lowest BCUT2D eigenvalue weighted by molar-refractivity contribution is 0.277. The minimum atomic E-state index is -2.87. The van der Waals surface area contributed by atoms with E-state index in [1.807, 2.05) is 7.05 Å². The molecule has 0 unspecified atom stereocenters. The van der Waals surface area contributed by atoms with Crippen molar-refractivity contribution in [1.29, 1.82) is 0 Å². The molecular formula is C9H19NO2S. The summed E-state index contributed by atoms with van der Waals surface area (Å²) < 4.78 is 23.6. The van der Waals surface area contributed by atoms with E-state index in [9.17, 15) is 8.42 Å². The number of hydrogen-bond acceptors (Lipinski definition) is 3. The smallest absolute Gasteiger partial charge is 0.156 e. The van der Waals surface area contributed by atoms with Crippen LogP contribution in [0.1, 0.15) is 26.7 Å². The molecule has 0 amide bonds. The molecule has 0 aromatic heterocycles. The Labute approximate surface area is 81.0 Å². The Morgan fingerprint density at radius 1 is 1.38 bits per heavy atom. The highest BCUT2D eigenvalue weighted by atomic mass is 32.2. The normalized spacial score (nSPS) is 26.6. The molecular weight excluding hydrogens is 186 g/mol. The first kappa shape index (κ1) is 11.0. The molecule has 4 heteroatoms. The largest absolute Gasteiger partial charge is 0.305 e. The first-order chi connectivity index (χ1) is 5.94. The van der Waals surface area contributed by atoms with Crippen LogP contribution in [0.4, 0.5) is 0 Å². The SMILES string of the molecule is CC(C)S(=O)(=O)[C@@H]1CCCN(C)C1. The highest BCUT2D eigenvalue weighted by Crippen LogP contribution is 2.19. The van der Waals surface area contributed by atoms with Crippen LogP contribution in [-0.4, -0.2) is 44.0 Å². The van der Waals surface area contributed by atoms with Crippen LogP contribution in [0.2, 0.25) is 0 Å². The predicted octanol–water partition coefficient (Wildman–Crippen LogP) is 0.904. The van der Waals surface area contributed by atoms with Crippen LogP contribution in [0.5, 0.6) is 0 Å². The van der Waals surface area contributed by atoms with Gasteiger partial charge in [-0.05, 0) is 40.3 Å². The van der Waals surface area contributed by atoms with Gasteiger partial charge in [0.2, 0.25) is 0 Å². The fourth-order valence-electron chi connectivity index (χ4n) is 1.77. The predicted molar refractivity (Wildman–Crippen MR) is 54.6 cm³/mol. The average molecular weight is 205 g/mol. The zero-order valence-corrected chi connectivity index (χ0v) is 9.47. The number of rotatable bonds is 2. The van der Waals surface area contributed by atoms with Crippen molar-refractivity contribution in [3.63, 3.8) is 0 Å². The summed E-state index contributed by atoms with van der Waals surface area (Å²) in [5.41, 5.74) is 0. The Kier molecular flexibility index (Phi) is 3.35. The first-order valence-corrected chi connectivity index (χ1v) is 6.47. The second-order valence-electron chi connectivity index (χ2n) is 4.16. The first-order valence-electron chi connectivity index (χ1n) is 4.86. The van der Waals surface area contributed by atoms with Crippen molar-refractivity contribution in [2.24, 2.45) is 0 Å². The van der Waals surface area contributed by atoms with Crippen LogP contribution < -0.4 is 0 Å². The molecule has 1 saturated heterocycles. The summed E-state index contributed by atoms with van der Waals surface area (Å²) in [5, 5.41) is -0.366. The van der Waals surface area contributed by atoms with Gasteiger partial charge < -0.3 is 4.90 Å². The van der Waals surface area contributed by atoms with Crippen molar-refractivity contribution in [3.8, 4) is 0 Å². The summed E-state index contributed by atoms with van der Waals surface area (Å²) in [6, 6.07) is 0. The minimum absolute atomic E-state index is 0.133. The van der Waals surface area contributed by atoms with E-state index in [1.54, 1.807) is 13.8 Å². The van der Waals surface area contributed by atoms with Gasteiger partial charge in [0.1, 0.15) is 0 Å². The van der Waals surface area contributed by atoms with Gasteiger partial charge in [-0.25, -0.2) is 8.42 Å². The zero-order valence-electron chi connectivity index (χ0n) is 8.66. The lowest BCUT2D eigenvalue weighted by Gasteiger charge is -2.30. The van der Waals surface area contributed by atoms with Gasteiger partial charge in [0.15, 0.2) is 9.84 Å². The maximum atomic E-state index is 11.8. The molecule has 1 aliphatic rings. The Morgan fingerprint density at radius 2 is 2.00 bits per heavy atom. The third-order valence-corrected chi connectivity index (χ3v) is 5.33. The van der Waals surface area contributed by atoms with Gasteiger partial charge in [0, 0.05) is 6.54 Å². The number of piperidine rings is 1. The van der Waals surface area contributed by atoms with E-state index < -0.39 is 9.84 Å². The van der Waals surface area contributed by atoms with Crippen molar-refractivity contribution in [2.75, 3.05) is 20.1 Å². The molecule has 0 aliphatic carbocycles. The number of nitrogens with zero attached hydrogens (tertiary/aromatic N) is 1. The monoisotopic (exact) mass is 205 g/mol. The van der Waals surface area contributed by atoms with E-state index in [2.05, 4.69) is 4.90 Å². The average Bonchev–Trinajstić information content (AvgIpc) is 2.04. The maximum absolute atomic E-state index is 11.8. The molecule has 1 atom stereocenters. The summed E-state index contributed by atoms with van der Waals surface area (Å²) in [7, 11) is -0.886. The topological polar surface area (TPSA) is 37.4 Å². The number of likely N-dealkylation sites (tertiary alicyclic amines) is 1. The Balaban J connectivity index is 2.71. The quantitative estimate of drug-likeness (QED) is 0.672. The van der Waals surface area contributed by atoms with Crippen molar-refractivity contribution in [2.45, 2.75) is 37.2 Å². The van der Waals surface area contributed by atoms with Gasteiger partial charge in [-0.15, -0.1) is 0 Å². The minimum Gasteiger partial charge on any atom is -0.305 e. The molecule has 1 rings (SSSR count). The second kappa shape index (κ2) is 3.96. The summed E-state index contributed by atoms with van der Waals surface area (Å²) >= 11 is 0. The van der Waals surface area contributed by atoms with Gasteiger partial charge in [0.25, 0.3) is 0 Å². The zero-order chi connectivity index (χ0) is 10.1. The summed E-state index contributed by atoms with van der Waals surface area (Å²) in [6.45, 7) is 5.28. The highest BCUT2D eigenvalue weighted by Gasteiger charge is 2.31. The molecule has 0 aromatic carbocycles. The van der Waals surface area contributed by atoms with Crippen molar-refractivity contribution >= 4 is 9.84 Å². The van der Waals surface area contributed by atoms with Crippen molar-refractivity contribution < 1.29 is 8.42 Å². The van der Waals surface area contributed by atoms with Gasteiger partial charge in [-0.3, -0.25) is 0 Å². The van der Waals surface area contributed by atoms with E-state index >= 15 is 0 Å². The van der Waals surface area contributed by atoms with Crippen LogP contribution in [0.3, 0.4) is 0 Å². The van der Waals surface area contributed by atoms with Crippen LogP contribution in [-0.2, 0) is 9.84 Å². The van der Waals surface area contributed by atoms with Gasteiger partial charge in [-0.2, -0.15) is 0 Å². The van der Waals surface area contributed by atoms with Gasteiger partial charge in [-0.1, -0.05) is 0 Å². The Bertz CT molecular complexity index is 259. The van der Waals surface area contributed by atoms with E-state index in [1.165, 1.54) is 0 Å².